The number of aryl methyl sites for hydroxylation is 2. The van der Waals surface area contributed by atoms with E-state index in [9.17, 15) is 4.79 Å². The van der Waals surface area contributed by atoms with Crippen LogP contribution in [0.1, 0.15) is 56.0 Å². The highest BCUT2D eigenvalue weighted by Gasteiger charge is 2.22. The predicted molar refractivity (Wildman–Crippen MR) is 188 cm³/mol. The zero-order valence-corrected chi connectivity index (χ0v) is 28.2. The van der Waals surface area contributed by atoms with Crippen molar-refractivity contribution in [3.63, 3.8) is 0 Å². The second kappa shape index (κ2) is 15.7. The average Bonchev–Trinajstić information content (AvgIpc) is 3.54. The van der Waals surface area contributed by atoms with E-state index in [1.165, 1.54) is 11.1 Å². The number of aromatic nitrogens is 3. The molecule has 2 aliphatic rings. The number of nitrogens with zero attached hydrogens (tertiary/aromatic N) is 5. The Morgan fingerprint density at radius 1 is 0.872 bits per heavy atom. The number of hydrogen-bond donors (Lipinski definition) is 3. The lowest BCUT2D eigenvalue weighted by molar-refractivity contribution is 0.0904. The van der Waals surface area contributed by atoms with E-state index in [1.54, 1.807) is 0 Å². The molecule has 2 amide bonds. The molecule has 0 aliphatic carbocycles. The molecule has 10 nitrogen and oxygen atoms in total. The number of rotatable bonds is 12. The number of piperazine rings is 1. The summed E-state index contributed by atoms with van der Waals surface area (Å²) in [7, 11) is 0. The van der Waals surface area contributed by atoms with Crippen molar-refractivity contribution in [1.82, 2.24) is 35.2 Å². The minimum absolute atomic E-state index is 0.205. The third-order valence-corrected chi connectivity index (χ3v) is 9.56. The number of ether oxygens (including phenoxy) is 1. The van der Waals surface area contributed by atoms with Crippen molar-refractivity contribution in [2.24, 2.45) is 0 Å². The fourth-order valence-electron chi connectivity index (χ4n) is 6.75. The highest BCUT2D eigenvalue weighted by atomic mass is 16.5. The smallest absolute Gasteiger partial charge is 0.315 e. The van der Waals surface area contributed by atoms with E-state index in [4.69, 9.17) is 9.72 Å². The van der Waals surface area contributed by atoms with E-state index in [2.05, 4.69) is 100 Å². The molecule has 4 heterocycles. The van der Waals surface area contributed by atoms with Gasteiger partial charge in [-0.15, -0.1) is 0 Å². The largest absolute Gasteiger partial charge is 0.381 e. The Morgan fingerprint density at radius 3 is 2.26 bits per heavy atom. The van der Waals surface area contributed by atoms with Gasteiger partial charge in [-0.2, -0.15) is 5.10 Å². The van der Waals surface area contributed by atoms with Crippen molar-refractivity contribution >= 4 is 22.8 Å². The number of pyridine rings is 1. The van der Waals surface area contributed by atoms with E-state index in [-0.39, 0.29) is 6.03 Å². The van der Waals surface area contributed by atoms with Crippen LogP contribution in [-0.4, -0.2) is 82.6 Å². The number of anilines is 1. The summed E-state index contributed by atoms with van der Waals surface area (Å²) in [5, 5.41) is 15.6. The van der Waals surface area contributed by atoms with Gasteiger partial charge in [0, 0.05) is 82.9 Å². The molecule has 0 saturated carbocycles. The van der Waals surface area contributed by atoms with Gasteiger partial charge in [0.1, 0.15) is 0 Å². The van der Waals surface area contributed by atoms with Crippen molar-refractivity contribution in [3.8, 4) is 11.1 Å². The van der Waals surface area contributed by atoms with Crippen LogP contribution in [0.15, 0.2) is 54.7 Å². The zero-order valence-electron chi connectivity index (χ0n) is 28.2. The number of benzene rings is 2. The van der Waals surface area contributed by atoms with Crippen LogP contribution in [0.4, 0.5) is 10.5 Å². The third kappa shape index (κ3) is 8.12. The van der Waals surface area contributed by atoms with Gasteiger partial charge in [-0.25, -0.2) is 14.5 Å². The highest BCUT2D eigenvalue weighted by Crippen LogP contribution is 2.31. The van der Waals surface area contributed by atoms with Crippen molar-refractivity contribution in [3.05, 3.63) is 77.1 Å². The summed E-state index contributed by atoms with van der Waals surface area (Å²) in [6.45, 7) is 16.1. The summed E-state index contributed by atoms with van der Waals surface area (Å²) in [5.74, 6) is 0. The number of amides is 2. The minimum Gasteiger partial charge on any atom is -0.381 e. The van der Waals surface area contributed by atoms with Gasteiger partial charge in [-0.3, -0.25) is 4.90 Å². The number of carbonyl (C=O) groups excluding carboxylic acids is 1. The van der Waals surface area contributed by atoms with E-state index < -0.39 is 0 Å². The molecule has 6 rings (SSSR count). The van der Waals surface area contributed by atoms with Crippen molar-refractivity contribution in [1.29, 1.82) is 0 Å². The topological polar surface area (TPSA) is 99.6 Å². The lowest BCUT2D eigenvalue weighted by atomic mass is 10.0. The Labute approximate surface area is 278 Å². The molecule has 2 aromatic heterocycles. The normalized spacial score (nSPS) is 16.4. The lowest BCUT2D eigenvalue weighted by Gasteiger charge is -2.34. The molecule has 2 fully saturated rings. The summed E-state index contributed by atoms with van der Waals surface area (Å²) in [6.07, 6.45) is 4.54. The van der Waals surface area contributed by atoms with Gasteiger partial charge in [-0.1, -0.05) is 50.2 Å². The predicted octanol–water partition coefficient (Wildman–Crippen LogP) is 5.41. The van der Waals surface area contributed by atoms with Gasteiger partial charge in [0.15, 0.2) is 5.65 Å². The number of carbonyl (C=O) groups is 1. The number of likely N-dealkylation sites (N-methyl/N-ethyl adjacent to an activating group) is 1. The fraction of sp³-hybridized carbons (Fsp3) is 0.486. The number of urea groups is 1. The molecule has 2 saturated heterocycles. The lowest BCUT2D eigenvalue weighted by Crippen LogP contribution is -2.45. The average molecular weight is 639 g/mol. The van der Waals surface area contributed by atoms with Crippen LogP contribution in [0.2, 0.25) is 0 Å². The number of fused-ring (bicyclic) bond motifs is 1. The Hall–Kier alpha value is -3.99. The first kappa shape index (κ1) is 32.9. The van der Waals surface area contributed by atoms with Crippen LogP contribution in [0.25, 0.3) is 22.2 Å². The first-order chi connectivity index (χ1) is 23.0. The summed E-state index contributed by atoms with van der Waals surface area (Å²) < 4.78 is 7.54. The monoisotopic (exact) mass is 638 g/mol. The third-order valence-electron chi connectivity index (χ3n) is 9.56. The van der Waals surface area contributed by atoms with Gasteiger partial charge < -0.3 is 25.6 Å². The number of nitrogens with one attached hydrogen (secondary N) is 3. The van der Waals surface area contributed by atoms with Crippen molar-refractivity contribution in [2.45, 2.75) is 72.3 Å². The van der Waals surface area contributed by atoms with Gasteiger partial charge in [0.05, 0.1) is 17.3 Å². The van der Waals surface area contributed by atoms with Crippen LogP contribution < -0.4 is 16.0 Å². The molecule has 2 aromatic carbocycles. The van der Waals surface area contributed by atoms with E-state index >= 15 is 0 Å². The van der Waals surface area contributed by atoms with Gasteiger partial charge in [0.2, 0.25) is 0 Å². The minimum atomic E-state index is -0.205. The maximum atomic E-state index is 13.1. The summed E-state index contributed by atoms with van der Waals surface area (Å²) in [5.41, 5.74) is 8.65. The summed E-state index contributed by atoms with van der Waals surface area (Å²) >= 11 is 0. The standard InChI is InChI=1S/C37H50N8O2/c1-4-34-32(35(41-31-13-19-47-20-14-31)33-25-40-45(6-3)36(33)42-34)24-39-37(46)38-23-27-9-7-11-29(21-27)30-12-8-10-28(22-30)26-44-17-15-43(5-2)16-18-44/h7-12,21-22,25,31H,4-6,13-20,23-24,26H2,1-3H3,(H,41,42)(H2,38,39,46). The molecule has 0 spiro atoms. The molecule has 4 aromatic rings. The second-order valence-corrected chi connectivity index (χ2v) is 12.6. The molecule has 0 bridgehead atoms. The summed E-state index contributed by atoms with van der Waals surface area (Å²) in [4.78, 5) is 23.2. The first-order valence-corrected chi connectivity index (χ1v) is 17.4. The fourth-order valence-corrected chi connectivity index (χ4v) is 6.75. The van der Waals surface area contributed by atoms with Gasteiger partial charge >= 0.3 is 6.03 Å². The van der Waals surface area contributed by atoms with E-state index in [1.807, 2.05) is 10.9 Å². The van der Waals surface area contributed by atoms with Crippen LogP contribution >= 0.6 is 0 Å². The molecule has 0 unspecified atom stereocenters. The Morgan fingerprint density at radius 2 is 1.55 bits per heavy atom. The number of hydrogen-bond acceptors (Lipinski definition) is 7. The molecule has 10 heteroatoms. The Bertz CT molecular complexity index is 1640. The maximum Gasteiger partial charge on any atom is 0.315 e. The maximum absolute atomic E-state index is 13.1. The van der Waals surface area contributed by atoms with Crippen LogP contribution in [-0.2, 0) is 37.3 Å². The molecule has 0 atom stereocenters. The van der Waals surface area contributed by atoms with Gasteiger partial charge in [0.25, 0.3) is 0 Å². The summed E-state index contributed by atoms with van der Waals surface area (Å²) in [6, 6.07) is 17.4. The zero-order chi connectivity index (χ0) is 32.6. The van der Waals surface area contributed by atoms with Crippen molar-refractivity contribution in [2.75, 3.05) is 51.3 Å². The van der Waals surface area contributed by atoms with Crippen LogP contribution in [0, 0.1) is 0 Å². The van der Waals surface area contributed by atoms with Crippen LogP contribution in [0.3, 0.4) is 0 Å². The molecule has 250 valence electrons. The molecule has 2 aliphatic heterocycles. The molecular formula is C37H50N8O2. The molecular weight excluding hydrogens is 588 g/mol. The van der Waals surface area contributed by atoms with Crippen molar-refractivity contribution < 1.29 is 9.53 Å². The molecule has 0 radical (unpaired) electrons. The quantitative estimate of drug-likeness (QED) is 0.191. The Balaban J connectivity index is 1.10. The molecule has 3 N–H and O–H groups in total. The van der Waals surface area contributed by atoms with Gasteiger partial charge in [-0.05, 0) is 67.1 Å². The van der Waals surface area contributed by atoms with Crippen LogP contribution in [0.5, 0.6) is 0 Å². The highest BCUT2D eigenvalue weighted by molar-refractivity contribution is 5.92. The van der Waals surface area contributed by atoms with E-state index in [0.717, 1.165) is 117 Å². The SMILES string of the molecule is CCc1nc2c(cnn2CC)c(NC2CCOCC2)c1CNC(=O)NCc1cccc(-c2cccc(CN3CCN(CC)CC3)c2)c1. The Kier molecular flexibility index (Phi) is 11.0. The second-order valence-electron chi connectivity index (χ2n) is 12.6. The molecule has 47 heavy (non-hydrogen) atoms. The van der Waals surface area contributed by atoms with E-state index in [0.29, 0.717) is 19.1 Å². The first-order valence-electron chi connectivity index (χ1n) is 17.4.